The van der Waals surface area contributed by atoms with E-state index in [0.717, 1.165) is 25.7 Å². The average molecular weight is 214 g/mol. The van der Waals surface area contributed by atoms with Crippen LogP contribution in [0.1, 0.15) is 59.3 Å². The maximum absolute atomic E-state index is 10.4. The molecule has 1 fully saturated rings. The van der Waals surface area contributed by atoms with Crippen molar-refractivity contribution in [3.05, 3.63) is 0 Å². The Morgan fingerprint density at radius 1 is 1.47 bits per heavy atom. The third-order valence-corrected chi connectivity index (χ3v) is 3.81. The largest absolute Gasteiger partial charge is 0.390 e. The fourth-order valence-electron chi connectivity index (χ4n) is 2.50. The quantitative estimate of drug-likeness (QED) is 0.779. The van der Waals surface area contributed by atoms with Crippen LogP contribution < -0.4 is 0 Å². The van der Waals surface area contributed by atoms with Crippen LogP contribution in [0.2, 0.25) is 0 Å². The van der Waals surface area contributed by atoms with Gasteiger partial charge in [0.1, 0.15) is 0 Å². The highest BCUT2D eigenvalue weighted by atomic mass is 16.5. The molecule has 2 atom stereocenters. The molecule has 0 spiro atoms. The van der Waals surface area contributed by atoms with Crippen molar-refractivity contribution in [2.75, 3.05) is 7.11 Å². The number of hydrogen-bond donors (Lipinski definition) is 1. The van der Waals surface area contributed by atoms with E-state index in [2.05, 4.69) is 20.8 Å². The Hall–Kier alpha value is -0.0800. The summed E-state index contributed by atoms with van der Waals surface area (Å²) < 4.78 is 5.39. The molecule has 0 aliphatic heterocycles. The Morgan fingerprint density at radius 3 is 2.67 bits per heavy atom. The summed E-state index contributed by atoms with van der Waals surface area (Å²) in [7, 11) is 1.74. The van der Waals surface area contributed by atoms with Gasteiger partial charge < -0.3 is 9.84 Å². The van der Waals surface area contributed by atoms with Crippen molar-refractivity contribution in [2.24, 2.45) is 5.92 Å². The molecule has 0 heterocycles. The summed E-state index contributed by atoms with van der Waals surface area (Å²) in [6.45, 7) is 6.41. The van der Waals surface area contributed by atoms with E-state index in [-0.39, 0.29) is 5.60 Å². The summed E-state index contributed by atoms with van der Waals surface area (Å²) >= 11 is 0. The molecule has 0 aromatic rings. The van der Waals surface area contributed by atoms with Crippen LogP contribution in [-0.2, 0) is 4.74 Å². The zero-order chi connectivity index (χ0) is 11.5. The van der Waals surface area contributed by atoms with Crippen LogP contribution in [0.25, 0.3) is 0 Å². The van der Waals surface area contributed by atoms with E-state index in [0.29, 0.717) is 5.92 Å². The van der Waals surface area contributed by atoms with Gasteiger partial charge in [-0.1, -0.05) is 19.8 Å². The van der Waals surface area contributed by atoms with Crippen LogP contribution in [0, 0.1) is 5.92 Å². The first-order valence-corrected chi connectivity index (χ1v) is 6.14. The molecular weight excluding hydrogens is 188 g/mol. The molecule has 0 amide bonds. The summed E-state index contributed by atoms with van der Waals surface area (Å²) in [6.07, 6.45) is 6.19. The molecule has 2 nitrogen and oxygen atoms in total. The van der Waals surface area contributed by atoms with Crippen LogP contribution in [-0.4, -0.2) is 23.4 Å². The lowest BCUT2D eigenvalue weighted by molar-refractivity contribution is -0.0517. The van der Waals surface area contributed by atoms with Crippen molar-refractivity contribution in [3.63, 3.8) is 0 Å². The van der Waals surface area contributed by atoms with E-state index < -0.39 is 5.60 Å². The Labute approximate surface area is 94.0 Å². The molecule has 1 rings (SSSR count). The third-order valence-electron chi connectivity index (χ3n) is 3.81. The van der Waals surface area contributed by atoms with Crippen LogP contribution in [0.3, 0.4) is 0 Å². The SMILES string of the molecule is COC(C)(C)CCC1(O)CCCC(C)C1. The van der Waals surface area contributed by atoms with Gasteiger partial charge in [-0.2, -0.15) is 0 Å². The van der Waals surface area contributed by atoms with Gasteiger partial charge in [0, 0.05) is 7.11 Å². The summed E-state index contributed by atoms with van der Waals surface area (Å²) in [5.41, 5.74) is -0.524. The van der Waals surface area contributed by atoms with Gasteiger partial charge in [0.05, 0.1) is 11.2 Å². The molecule has 1 saturated carbocycles. The van der Waals surface area contributed by atoms with E-state index in [4.69, 9.17) is 4.74 Å². The summed E-state index contributed by atoms with van der Waals surface area (Å²) in [5, 5.41) is 10.4. The lowest BCUT2D eigenvalue weighted by Crippen LogP contribution is -2.37. The Balaban J connectivity index is 2.42. The Bertz CT molecular complexity index is 201. The van der Waals surface area contributed by atoms with Gasteiger partial charge in [0.2, 0.25) is 0 Å². The third kappa shape index (κ3) is 4.12. The standard InChI is InChI=1S/C13H26O2/c1-11-6-5-7-13(14,10-11)9-8-12(2,3)15-4/h11,14H,5-10H2,1-4H3. The van der Waals surface area contributed by atoms with Gasteiger partial charge in [-0.3, -0.25) is 0 Å². The smallest absolute Gasteiger partial charge is 0.0651 e. The van der Waals surface area contributed by atoms with E-state index in [9.17, 15) is 5.11 Å². The fourth-order valence-corrected chi connectivity index (χ4v) is 2.50. The van der Waals surface area contributed by atoms with Crippen LogP contribution in [0.15, 0.2) is 0 Å². The zero-order valence-electron chi connectivity index (χ0n) is 10.7. The van der Waals surface area contributed by atoms with Crippen molar-refractivity contribution in [2.45, 2.75) is 70.5 Å². The van der Waals surface area contributed by atoms with Gasteiger partial charge in [-0.15, -0.1) is 0 Å². The molecule has 2 unspecified atom stereocenters. The van der Waals surface area contributed by atoms with Gasteiger partial charge in [0.25, 0.3) is 0 Å². The highest BCUT2D eigenvalue weighted by Gasteiger charge is 2.34. The Morgan fingerprint density at radius 2 is 2.13 bits per heavy atom. The molecule has 1 aliphatic carbocycles. The minimum absolute atomic E-state index is 0.101. The number of rotatable bonds is 4. The minimum Gasteiger partial charge on any atom is -0.390 e. The van der Waals surface area contributed by atoms with Crippen molar-refractivity contribution in [1.82, 2.24) is 0 Å². The van der Waals surface area contributed by atoms with Gasteiger partial charge in [0.15, 0.2) is 0 Å². The molecule has 15 heavy (non-hydrogen) atoms. The zero-order valence-corrected chi connectivity index (χ0v) is 10.7. The second-order valence-corrected chi connectivity index (χ2v) is 5.89. The highest BCUT2D eigenvalue weighted by molar-refractivity contribution is 4.87. The summed E-state index contributed by atoms with van der Waals surface area (Å²) in [6, 6.07) is 0. The van der Waals surface area contributed by atoms with Crippen molar-refractivity contribution in [3.8, 4) is 0 Å². The van der Waals surface area contributed by atoms with Crippen molar-refractivity contribution in [1.29, 1.82) is 0 Å². The monoisotopic (exact) mass is 214 g/mol. The molecule has 0 aromatic carbocycles. The van der Waals surface area contributed by atoms with Gasteiger partial charge in [-0.25, -0.2) is 0 Å². The Kier molecular flexibility index (Phi) is 4.19. The first-order valence-electron chi connectivity index (χ1n) is 6.14. The molecule has 90 valence electrons. The molecule has 0 aromatic heterocycles. The van der Waals surface area contributed by atoms with E-state index in [1.807, 2.05) is 0 Å². The molecule has 2 heteroatoms. The van der Waals surface area contributed by atoms with E-state index in [1.54, 1.807) is 7.11 Å². The lowest BCUT2D eigenvalue weighted by Gasteiger charge is -2.37. The molecule has 0 radical (unpaired) electrons. The fraction of sp³-hybridized carbons (Fsp3) is 1.00. The first kappa shape index (κ1) is 13.0. The molecular formula is C13H26O2. The van der Waals surface area contributed by atoms with Crippen molar-refractivity contribution < 1.29 is 9.84 Å². The predicted octanol–water partition coefficient (Wildman–Crippen LogP) is 3.13. The maximum Gasteiger partial charge on any atom is 0.0651 e. The minimum atomic E-state index is -0.423. The normalized spacial score (nSPS) is 33.0. The average Bonchev–Trinajstić information content (AvgIpc) is 2.15. The maximum atomic E-state index is 10.4. The summed E-state index contributed by atoms with van der Waals surface area (Å²) in [4.78, 5) is 0. The van der Waals surface area contributed by atoms with Crippen LogP contribution in [0.4, 0.5) is 0 Å². The van der Waals surface area contributed by atoms with Crippen LogP contribution >= 0.6 is 0 Å². The number of aliphatic hydroxyl groups is 1. The highest BCUT2D eigenvalue weighted by Crippen LogP contribution is 2.36. The lowest BCUT2D eigenvalue weighted by atomic mass is 9.75. The first-order chi connectivity index (χ1) is 6.87. The molecule has 1 N–H and O–H groups in total. The number of methoxy groups -OCH3 is 1. The number of hydrogen-bond acceptors (Lipinski definition) is 2. The topological polar surface area (TPSA) is 29.5 Å². The van der Waals surface area contributed by atoms with Gasteiger partial charge >= 0.3 is 0 Å². The van der Waals surface area contributed by atoms with E-state index >= 15 is 0 Å². The second kappa shape index (κ2) is 4.84. The van der Waals surface area contributed by atoms with Crippen LogP contribution in [0.5, 0.6) is 0 Å². The predicted molar refractivity (Wildman–Crippen MR) is 62.9 cm³/mol. The molecule has 0 saturated heterocycles. The number of ether oxygens (including phenoxy) is 1. The van der Waals surface area contributed by atoms with E-state index in [1.165, 1.54) is 12.8 Å². The summed E-state index contributed by atoms with van der Waals surface area (Å²) in [5.74, 6) is 0.675. The molecule has 0 bridgehead atoms. The van der Waals surface area contributed by atoms with Gasteiger partial charge in [-0.05, 0) is 45.4 Å². The van der Waals surface area contributed by atoms with Crippen molar-refractivity contribution >= 4 is 0 Å². The molecule has 1 aliphatic rings. The second-order valence-electron chi connectivity index (χ2n) is 5.89.